The SMILES string of the molecule is CCCCCCC/C=C\C/C=C\C/C=C\CCCCCCCCC(=O)OC(COC(=O)CCCCCCCC)COC(OCC[N+](C)(C)C)C(=O)O. The van der Waals surface area contributed by atoms with E-state index >= 15 is 0 Å². The molecule has 2 atom stereocenters. The maximum Gasteiger partial charge on any atom is 0.361 e. The van der Waals surface area contributed by atoms with Gasteiger partial charge in [-0.05, 0) is 51.4 Å². The number of carboxylic acid groups (broad SMARTS) is 1. The Kier molecular flexibility index (Phi) is 33.8. The third-order valence-electron chi connectivity index (χ3n) is 8.65. The van der Waals surface area contributed by atoms with Gasteiger partial charge in [-0.25, -0.2) is 4.79 Å². The lowest BCUT2D eigenvalue weighted by Gasteiger charge is -2.25. The Bertz CT molecular complexity index is 955. The van der Waals surface area contributed by atoms with Gasteiger partial charge in [0.1, 0.15) is 13.2 Å². The summed E-state index contributed by atoms with van der Waals surface area (Å²) in [5.41, 5.74) is 0. The predicted molar refractivity (Wildman–Crippen MR) is 212 cm³/mol. The minimum atomic E-state index is -1.51. The van der Waals surface area contributed by atoms with Crippen LogP contribution in [-0.2, 0) is 33.3 Å². The minimum absolute atomic E-state index is 0.185. The molecule has 9 heteroatoms. The Hall–Kier alpha value is -2.49. The number of esters is 2. The van der Waals surface area contributed by atoms with Crippen molar-refractivity contribution < 1.29 is 42.9 Å². The lowest BCUT2D eigenvalue weighted by molar-refractivity contribution is -0.870. The first-order chi connectivity index (χ1) is 25.1. The van der Waals surface area contributed by atoms with Crippen LogP contribution < -0.4 is 0 Å². The van der Waals surface area contributed by atoms with Crippen molar-refractivity contribution in [3.63, 3.8) is 0 Å². The number of quaternary nitrogens is 1. The Morgan fingerprint density at radius 2 is 1.04 bits per heavy atom. The zero-order valence-corrected chi connectivity index (χ0v) is 34.0. The quantitative estimate of drug-likeness (QED) is 0.0221. The van der Waals surface area contributed by atoms with E-state index in [-0.39, 0.29) is 32.2 Å². The van der Waals surface area contributed by atoms with Gasteiger partial charge in [-0.1, -0.05) is 134 Å². The molecule has 0 amide bonds. The number of likely N-dealkylation sites (N-methyl/N-ethyl adjacent to an activating group) is 1. The van der Waals surface area contributed by atoms with Gasteiger partial charge in [0.15, 0.2) is 6.10 Å². The van der Waals surface area contributed by atoms with Crippen molar-refractivity contribution in [1.29, 1.82) is 0 Å². The van der Waals surface area contributed by atoms with E-state index in [4.69, 9.17) is 18.9 Å². The van der Waals surface area contributed by atoms with Crippen LogP contribution in [0, 0.1) is 0 Å². The van der Waals surface area contributed by atoms with Crippen LogP contribution in [0.2, 0.25) is 0 Å². The summed E-state index contributed by atoms with van der Waals surface area (Å²) in [6, 6.07) is 0. The van der Waals surface area contributed by atoms with Gasteiger partial charge in [-0.2, -0.15) is 0 Å². The highest BCUT2D eigenvalue weighted by atomic mass is 16.7. The van der Waals surface area contributed by atoms with Crippen LogP contribution in [0.5, 0.6) is 0 Å². The molecule has 9 nitrogen and oxygen atoms in total. The summed E-state index contributed by atoms with van der Waals surface area (Å²) >= 11 is 0. The van der Waals surface area contributed by atoms with Crippen LogP contribution in [0.1, 0.15) is 162 Å². The van der Waals surface area contributed by atoms with E-state index in [2.05, 4.69) is 50.3 Å². The average molecular weight is 737 g/mol. The molecule has 0 saturated carbocycles. The van der Waals surface area contributed by atoms with Crippen LogP contribution in [0.25, 0.3) is 0 Å². The third-order valence-corrected chi connectivity index (χ3v) is 8.65. The summed E-state index contributed by atoms with van der Waals surface area (Å²) in [6.07, 6.45) is 35.2. The van der Waals surface area contributed by atoms with Crippen LogP contribution in [-0.4, -0.2) is 87.4 Å². The normalized spacial score (nSPS) is 13.3. The van der Waals surface area contributed by atoms with Gasteiger partial charge in [-0.15, -0.1) is 0 Å². The van der Waals surface area contributed by atoms with E-state index in [0.29, 0.717) is 23.9 Å². The zero-order valence-electron chi connectivity index (χ0n) is 34.0. The second-order valence-corrected chi connectivity index (χ2v) is 14.9. The molecule has 0 fully saturated rings. The molecule has 302 valence electrons. The molecule has 0 aliphatic carbocycles. The van der Waals surface area contributed by atoms with E-state index in [1.54, 1.807) is 0 Å². The smallest absolute Gasteiger partial charge is 0.361 e. The summed E-state index contributed by atoms with van der Waals surface area (Å²) in [5.74, 6) is -2.04. The number of hydrogen-bond donors (Lipinski definition) is 1. The van der Waals surface area contributed by atoms with Crippen molar-refractivity contribution in [1.82, 2.24) is 0 Å². The van der Waals surface area contributed by atoms with Crippen molar-refractivity contribution in [3.8, 4) is 0 Å². The molecule has 0 spiro atoms. The third kappa shape index (κ3) is 35.9. The molecule has 0 radical (unpaired) electrons. The molecule has 52 heavy (non-hydrogen) atoms. The fraction of sp³-hybridized carbons (Fsp3) is 0.791. The molecule has 0 heterocycles. The van der Waals surface area contributed by atoms with Crippen LogP contribution in [0.4, 0.5) is 0 Å². The maximum absolute atomic E-state index is 12.7. The number of carbonyl (C=O) groups excluding carboxylic acids is 2. The van der Waals surface area contributed by atoms with Gasteiger partial charge in [0.2, 0.25) is 0 Å². The second-order valence-electron chi connectivity index (χ2n) is 14.9. The minimum Gasteiger partial charge on any atom is -0.477 e. The molecule has 1 N–H and O–H groups in total. The number of unbranched alkanes of at least 4 members (excludes halogenated alkanes) is 16. The zero-order chi connectivity index (χ0) is 38.5. The van der Waals surface area contributed by atoms with E-state index in [9.17, 15) is 19.5 Å². The van der Waals surface area contributed by atoms with Crippen molar-refractivity contribution >= 4 is 17.9 Å². The maximum atomic E-state index is 12.7. The molecule has 0 aliphatic heterocycles. The Labute approximate surface area is 318 Å². The fourth-order valence-electron chi connectivity index (χ4n) is 5.37. The molecular weight excluding hydrogens is 658 g/mol. The molecule has 0 saturated heterocycles. The lowest BCUT2D eigenvalue weighted by Crippen LogP contribution is -2.40. The Morgan fingerprint density at radius 1 is 0.577 bits per heavy atom. The van der Waals surface area contributed by atoms with Crippen molar-refractivity contribution in [2.24, 2.45) is 0 Å². The van der Waals surface area contributed by atoms with Crippen molar-refractivity contribution in [2.45, 2.75) is 174 Å². The second kappa shape index (κ2) is 35.5. The number of hydrogen-bond acceptors (Lipinski definition) is 7. The highest BCUT2D eigenvalue weighted by molar-refractivity contribution is 5.71. The van der Waals surface area contributed by atoms with Crippen molar-refractivity contribution in [2.75, 3.05) is 47.5 Å². The molecular formula is C43H78NO8+. The number of aliphatic carboxylic acids is 1. The molecule has 0 aromatic heterocycles. The fourth-order valence-corrected chi connectivity index (χ4v) is 5.37. The monoisotopic (exact) mass is 737 g/mol. The molecule has 0 aromatic carbocycles. The molecule has 0 aliphatic rings. The first-order valence-corrected chi connectivity index (χ1v) is 20.7. The van der Waals surface area contributed by atoms with Gasteiger partial charge in [0.25, 0.3) is 6.29 Å². The number of allylic oxidation sites excluding steroid dienone is 6. The van der Waals surface area contributed by atoms with Crippen LogP contribution in [0.15, 0.2) is 36.5 Å². The topological polar surface area (TPSA) is 108 Å². The molecule has 0 aromatic rings. The van der Waals surface area contributed by atoms with Crippen LogP contribution >= 0.6 is 0 Å². The lowest BCUT2D eigenvalue weighted by atomic mass is 10.1. The Morgan fingerprint density at radius 3 is 1.54 bits per heavy atom. The molecule has 0 rings (SSSR count). The van der Waals surface area contributed by atoms with E-state index in [1.807, 2.05) is 21.1 Å². The number of carbonyl (C=O) groups is 3. The number of rotatable bonds is 37. The van der Waals surface area contributed by atoms with Crippen LogP contribution in [0.3, 0.4) is 0 Å². The first-order valence-electron chi connectivity index (χ1n) is 20.7. The van der Waals surface area contributed by atoms with Gasteiger partial charge in [0.05, 0.1) is 34.4 Å². The van der Waals surface area contributed by atoms with Gasteiger partial charge in [0, 0.05) is 12.8 Å². The van der Waals surface area contributed by atoms with Gasteiger partial charge in [-0.3, -0.25) is 9.59 Å². The van der Waals surface area contributed by atoms with E-state index in [0.717, 1.165) is 64.2 Å². The first kappa shape index (κ1) is 49.5. The highest BCUT2D eigenvalue weighted by Gasteiger charge is 2.25. The summed E-state index contributed by atoms with van der Waals surface area (Å²) < 4.78 is 22.5. The van der Waals surface area contributed by atoms with E-state index < -0.39 is 24.3 Å². The van der Waals surface area contributed by atoms with Crippen molar-refractivity contribution in [3.05, 3.63) is 36.5 Å². The summed E-state index contributed by atoms with van der Waals surface area (Å²) in [5, 5.41) is 9.57. The number of ether oxygens (including phenoxy) is 4. The average Bonchev–Trinajstić information content (AvgIpc) is 3.10. The summed E-state index contributed by atoms with van der Waals surface area (Å²) in [7, 11) is 5.93. The van der Waals surface area contributed by atoms with Gasteiger partial charge >= 0.3 is 17.9 Å². The molecule has 0 bridgehead atoms. The highest BCUT2D eigenvalue weighted by Crippen LogP contribution is 2.12. The standard InChI is InChI=1S/C43H77NO8/c1-6-8-10-12-14-15-16-17-18-19-20-21-22-23-24-25-26-27-28-30-32-34-41(46)52-39(37-50-40(45)33-31-29-13-11-9-7-2)38-51-43(42(47)48)49-36-35-44(3,4)5/h16-17,19-20,22-23,39,43H,6-15,18,21,24-38H2,1-5H3/p+1/b17-16-,20-19-,23-22-. The summed E-state index contributed by atoms with van der Waals surface area (Å²) in [4.78, 5) is 36.7. The van der Waals surface area contributed by atoms with E-state index in [1.165, 1.54) is 64.2 Å². The van der Waals surface area contributed by atoms with Gasteiger partial charge < -0.3 is 28.5 Å². The number of carboxylic acids is 1. The summed E-state index contributed by atoms with van der Waals surface area (Å²) in [6.45, 7) is 4.76. The largest absolute Gasteiger partial charge is 0.477 e. The Balaban J connectivity index is 4.36. The number of nitrogens with zero attached hydrogens (tertiary/aromatic N) is 1. The molecule has 2 unspecified atom stereocenters. The predicted octanol–water partition coefficient (Wildman–Crippen LogP) is 10.3.